The molecule has 1 amide bonds. The number of anilines is 2. The van der Waals surface area contributed by atoms with E-state index in [2.05, 4.69) is 57.6 Å². The van der Waals surface area contributed by atoms with Crippen molar-refractivity contribution in [2.45, 2.75) is 26.8 Å². The third-order valence-corrected chi connectivity index (χ3v) is 5.59. The molecular weight excluding hydrogens is 386 g/mol. The molecular formula is C25H27N5O. The summed E-state index contributed by atoms with van der Waals surface area (Å²) >= 11 is 0. The molecule has 31 heavy (non-hydrogen) atoms. The van der Waals surface area contributed by atoms with Crippen molar-refractivity contribution in [2.75, 3.05) is 24.3 Å². The van der Waals surface area contributed by atoms with E-state index in [9.17, 15) is 4.79 Å². The third kappa shape index (κ3) is 4.43. The summed E-state index contributed by atoms with van der Waals surface area (Å²) < 4.78 is 1.81. The van der Waals surface area contributed by atoms with Gasteiger partial charge in [-0.2, -0.15) is 5.10 Å². The molecule has 0 aliphatic rings. The number of aryl methyl sites for hydroxylation is 2. The minimum Gasteiger partial charge on any atom is -0.378 e. The summed E-state index contributed by atoms with van der Waals surface area (Å²) in [6, 6.07) is 18.2. The van der Waals surface area contributed by atoms with Crippen molar-refractivity contribution < 1.29 is 4.79 Å². The van der Waals surface area contributed by atoms with Crippen LogP contribution < -0.4 is 10.2 Å². The number of hydrogen-bond acceptors (Lipinski definition) is 4. The van der Waals surface area contributed by atoms with Crippen LogP contribution in [-0.2, 0) is 17.8 Å². The molecule has 1 N–H and O–H groups in total. The Bertz CT molecular complexity index is 1220. The molecule has 158 valence electrons. The van der Waals surface area contributed by atoms with E-state index in [0.717, 1.165) is 39.0 Å². The van der Waals surface area contributed by atoms with E-state index in [1.807, 2.05) is 45.3 Å². The molecule has 0 fully saturated rings. The number of carbonyl (C=O) groups is 1. The molecule has 4 aromatic rings. The van der Waals surface area contributed by atoms with Crippen molar-refractivity contribution in [1.29, 1.82) is 0 Å². The number of nitrogens with one attached hydrogen (secondary N) is 1. The van der Waals surface area contributed by atoms with Crippen LogP contribution in [0.25, 0.3) is 10.9 Å². The van der Waals surface area contributed by atoms with Crippen molar-refractivity contribution >= 4 is 28.3 Å². The molecule has 0 saturated carbocycles. The number of fused-ring (bicyclic) bond motifs is 1. The molecule has 0 aliphatic heterocycles. The van der Waals surface area contributed by atoms with E-state index in [1.54, 1.807) is 10.9 Å². The van der Waals surface area contributed by atoms with Crippen LogP contribution >= 0.6 is 0 Å². The lowest BCUT2D eigenvalue weighted by molar-refractivity contribution is -0.115. The first-order chi connectivity index (χ1) is 14.9. The lowest BCUT2D eigenvalue weighted by Gasteiger charge is -2.14. The van der Waals surface area contributed by atoms with Crippen LogP contribution in [0.15, 0.2) is 60.8 Å². The normalized spacial score (nSPS) is 11.0. The number of rotatable bonds is 6. The molecule has 0 bridgehead atoms. The summed E-state index contributed by atoms with van der Waals surface area (Å²) in [6.07, 6.45) is 1.98. The van der Waals surface area contributed by atoms with Gasteiger partial charge in [0, 0.05) is 36.9 Å². The SMILES string of the molecule is Cc1nc2ccccc2c(C)c1CC(=O)Nc1ccnn1Cc1ccc(N(C)C)cc1. The topological polar surface area (TPSA) is 63.1 Å². The predicted molar refractivity (Wildman–Crippen MR) is 126 cm³/mol. The fraction of sp³-hybridized carbons (Fsp3) is 0.240. The van der Waals surface area contributed by atoms with E-state index in [-0.39, 0.29) is 12.3 Å². The molecule has 0 radical (unpaired) electrons. The van der Waals surface area contributed by atoms with Crippen LogP contribution in [0.2, 0.25) is 0 Å². The lowest BCUT2D eigenvalue weighted by Crippen LogP contribution is -2.19. The fourth-order valence-corrected chi connectivity index (χ4v) is 3.82. The van der Waals surface area contributed by atoms with Crippen molar-refractivity contribution in [2.24, 2.45) is 0 Å². The number of pyridine rings is 1. The van der Waals surface area contributed by atoms with E-state index in [0.29, 0.717) is 12.4 Å². The van der Waals surface area contributed by atoms with Gasteiger partial charge in [0.25, 0.3) is 0 Å². The Labute approximate surface area is 182 Å². The summed E-state index contributed by atoms with van der Waals surface area (Å²) in [6.45, 7) is 4.61. The molecule has 6 heteroatoms. The number of hydrogen-bond donors (Lipinski definition) is 1. The highest BCUT2D eigenvalue weighted by Gasteiger charge is 2.14. The summed E-state index contributed by atoms with van der Waals surface area (Å²) in [7, 11) is 4.04. The van der Waals surface area contributed by atoms with Crippen molar-refractivity contribution in [3.8, 4) is 0 Å². The Hall–Kier alpha value is -3.67. The molecule has 4 rings (SSSR count). The molecule has 2 heterocycles. The quantitative estimate of drug-likeness (QED) is 0.511. The zero-order valence-corrected chi connectivity index (χ0v) is 18.4. The first kappa shape index (κ1) is 20.6. The second kappa shape index (κ2) is 8.60. The predicted octanol–water partition coefficient (Wildman–Crippen LogP) is 4.34. The van der Waals surface area contributed by atoms with Crippen molar-refractivity contribution in [3.05, 3.63) is 83.2 Å². The summed E-state index contributed by atoms with van der Waals surface area (Å²) in [5, 5.41) is 8.49. The van der Waals surface area contributed by atoms with Gasteiger partial charge in [0.2, 0.25) is 5.91 Å². The van der Waals surface area contributed by atoms with Gasteiger partial charge in [-0.05, 0) is 48.7 Å². The van der Waals surface area contributed by atoms with Gasteiger partial charge >= 0.3 is 0 Å². The molecule has 0 atom stereocenters. The van der Waals surface area contributed by atoms with Gasteiger partial charge < -0.3 is 10.2 Å². The van der Waals surface area contributed by atoms with Crippen LogP contribution in [0.1, 0.15) is 22.4 Å². The maximum absolute atomic E-state index is 12.9. The first-order valence-electron chi connectivity index (χ1n) is 10.3. The molecule has 0 saturated heterocycles. The second-order valence-electron chi connectivity index (χ2n) is 7.98. The van der Waals surface area contributed by atoms with E-state index in [1.165, 1.54) is 0 Å². The van der Waals surface area contributed by atoms with Gasteiger partial charge in [0.15, 0.2) is 0 Å². The second-order valence-corrected chi connectivity index (χ2v) is 7.98. The summed E-state index contributed by atoms with van der Waals surface area (Å²) in [5.74, 6) is 0.610. The van der Waals surface area contributed by atoms with Crippen LogP contribution in [0.3, 0.4) is 0 Å². The van der Waals surface area contributed by atoms with E-state index >= 15 is 0 Å². The van der Waals surface area contributed by atoms with Crippen LogP contribution in [0, 0.1) is 13.8 Å². The Kier molecular flexibility index (Phi) is 5.71. The van der Waals surface area contributed by atoms with Gasteiger partial charge in [-0.25, -0.2) is 4.68 Å². The maximum Gasteiger partial charge on any atom is 0.230 e. The minimum atomic E-state index is -0.0759. The van der Waals surface area contributed by atoms with Crippen LogP contribution in [0.4, 0.5) is 11.5 Å². The Morgan fingerprint density at radius 3 is 2.52 bits per heavy atom. The van der Waals surface area contributed by atoms with Crippen LogP contribution in [-0.4, -0.2) is 34.8 Å². The lowest BCUT2D eigenvalue weighted by atomic mass is 9.99. The first-order valence-corrected chi connectivity index (χ1v) is 10.3. The van der Waals surface area contributed by atoms with Gasteiger partial charge in [-0.1, -0.05) is 30.3 Å². The van der Waals surface area contributed by atoms with Gasteiger partial charge in [0.05, 0.1) is 24.7 Å². The van der Waals surface area contributed by atoms with E-state index in [4.69, 9.17) is 0 Å². The van der Waals surface area contributed by atoms with Crippen molar-refractivity contribution in [1.82, 2.24) is 14.8 Å². The largest absolute Gasteiger partial charge is 0.378 e. The van der Waals surface area contributed by atoms with Crippen molar-refractivity contribution in [3.63, 3.8) is 0 Å². The molecule has 0 aliphatic carbocycles. The average molecular weight is 414 g/mol. The number of para-hydroxylation sites is 1. The van der Waals surface area contributed by atoms with Crippen LogP contribution in [0.5, 0.6) is 0 Å². The highest BCUT2D eigenvalue weighted by Crippen LogP contribution is 2.23. The number of carbonyl (C=O) groups excluding carboxylic acids is 1. The number of benzene rings is 2. The molecule has 6 nitrogen and oxygen atoms in total. The zero-order chi connectivity index (χ0) is 22.0. The fourth-order valence-electron chi connectivity index (χ4n) is 3.82. The minimum absolute atomic E-state index is 0.0759. The smallest absolute Gasteiger partial charge is 0.230 e. The Morgan fingerprint density at radius 2 is 1.77 bits per heavy atom. The zero-order valence-electron chi connectivity index (χ0n) is 18.4. The van der Waals surface area contributed by atoms with Gasteiger partial charge in [-0.15, -0.1) is 0 Å². The highest BCUT2D eigenvalue weighted by atomic mass is 16.1. The average Bonchev–Trinajstić information content (AvgIpc) is 3.18. The summed E-state index contributed by atoms with van der Waals surface area (Å²) in [4.78, 5) is 19.6. The maximum atomic E-state index is 12.9. The molecule has 2 aromatic carbocycles. The van der Waals surface area contributed by atoms with Gasteiger partial charge in [-0.3, -0.25) is 9.78 Å². The molecule has 2 aromatic heterocycles. The monoisotopic (exact) mass is 413 g/mol. The number of amides is 1. The number of aromatic nitrogens is 3. The van der Waals surface area contributed by atoms with Gasteiger partial charge in [0.1, 0.15) is 5.82 Å². The summed E-state index contributed by atoms with van der Waals surface area (Å²) in [5.41, 5.74) is 6.19. The number of nitrogens with zero attached hydrogens (tertiary/aromatic N) is 4. The Morgan fingerprint density at radius 1 is 1.03 bits per heavy atom. The Balaban J connectivity index is 1.49. The molecule has 0 unspecified atom stereocenters. The third-order valence-electron chi connectivity index (χ3n) is 5.59. The van der Waals surface area contributed by atoms with E-state index < -0.39 is 0 Å². The standard InChI is InChI=1S/C25H27N5O/c1-17-21-7-5-6-8-23(21)27-18(2)22(17)15-25(31)28-24-13-14-26-30(24)16-19-9-11-20(12-10-19)29(3)4/h5-14H,15-16H2,1-4H3,(H,28,31). The highest BCUT2D eigenvalue weighted by molar-refractivity contribution is 5.93. The molecule has 0 spiro atoms.